The Morgan fingerprint density at radius 3 is 2.21 bits per heavy atom. The maximum absolute atomic E-state index is 12.0. The topological polar surface area (TPSA) is 50.4 Å². The van der Waals surface area contributed by atoms with Gasteiger partial charge in [0.05, 0.1) is 11.4 Å². The number of ether oxygens (including phenoxy) is 1. The zero-order chi connectivity index (χ0) is 17.7. The number of rotatable bonds is 4. The molecular weight excluding hydrogens is 415 g/mol. The molecule has 0 aliphatic heterocycles. The Balaban J connectivity index is 2.11. The van der Waals surface area contributed by atoms with Crippen LogP contribution in [0.15, 0.2) is 48.5 Å². The van der Waals surface area contributed by atoms with Crippen LogP contribution in [0.3, 0.4) is 0 Å². The molecule has 0 spiro atoms. The summed E-state index contributed by atoms with van der Waals surface area (Å²) in [5.74, 6) is 0. The molecule has 0 heterocycles. The highest BCUT2D eigenvalue weighted by atomic mass is 127. The van der Waals surface area contributed by atoms with Gasteiger partial charge in [0.2, 0.25) is 0 Å². The summed E-state index contributed by atoms with van der Waals surface area (Å²) in [6, 6.07) is 16.1. The zero-order valence-corrected chi connectivity index (χ0v) is 16.5. The van der Waals surface area contributed by atoms with E-state index in [1.807, 2.05) is 45.0 Å². The molecule has 0 bridgehead atoms. The minimum Gasteiger partial charge on any atom is -0.444 e. The molecule has 128 valence electrons. The molecule has 1 amide bonds. The Kier molecular flexibility index (Phi) is 6.10. The molecule has 0 saturated carbocycles. The number of halogens is 1. The molecule has 2 N–H and O–H groups in total. The van der Waals surface area contributed by atoms with Crippen LogP contribution in [-0.2, 0) is 4.74 Å². The average molecular weight is 438 g/mol. The van der Waals surface area contributed by atoms with E-state index >= 15 is 0 Å². The van der Waals surface area contributed by atoms with Crippen molar-refractivity contribution in [3.63, 3.8) is 0 Å². The normalized spacial score (nSPS) is 12.4. The predicted octanol–water partition coefficient (Wildman–Crippen LogP) is 5.81. The van der Waals surface area contributed by atoms with E-state index in [-0.39, 0.29) is 6.04 Å². The number of carbonyl (C=O) groups excluding carboxylic acids is 1. The van der Waals surface area contributed by atoms with Crippen molar-refractivity contribution in [3.8, 4) is 0 Å². The molecule has 4 nitrogen and oxygen atoms in total. The fourth-order valence-corrected chi connectivity index (χ4v) is 2.56. The van der Waals surface area contributed by atoms with Crippen molar-refractivity contribution in [3.05, 3.63) is 57.7 Å². The lowest BCUT2D eigenvalue weighted by molar-refractivity contribution is 0.0636. The van der Waals surface area contributed by atoms with Crippen LogP contribution in [0.25, 0.3) is 0 Å². The van der Waals surface area contributed by atoms with Gasteiger partial charge in [0.15, 0.2) is 0 Å². The highest BCUT2D eigenvalue weighted by Gasteiger charge is 2.17. The Labute approximate surface area is 157 Å². The minimum absolute atomic E-state index is 0.114. The van der Waals surface area contributed by atoms with Crippen molar-refractivity contribution >= 4 is 40.1 Å². The van der Waals surface area contributed by atoms with E-state index in [9.17, 15) is 4.79 Å². The molecule has 1 atom stereocenters. The molecule has 0 aliphatic rings. The van der Waals surface area contributed by atoms with Gasteiger partial charge in [-0.05, 0) is 80.1 Å². The van der Waals surface area contributed by atoms with Crippen molar-refractivity contribution in [1.29, 1.82) is 0 Å². The van der Waals surface area contributed by atoms with E-state index in [0.717, 1.165) is 5.69 Å². The second-order valence-corrected chi connectivity index (χ2v) is 7.84. The summed E-state index contributed by atoms with van der Waals surface area (Å²) in [6.45, 7) is 7.62. The number of hydrogen-bond donors (Lipinski definition) is 2. The van der Waals surface area contributed by atoms with E-state index in [1.165, 1.54) is 9.13 Å². The van der Waals surface area contributed by atoms with E-state index in [0.29, 0.717) is 5.69 Å². The number of hydrogen-bond acceptors (Lipinski definition) is 3. The number of amides is 1. The number of carbonyl (C=O) groups is 1. The summed E-state index contributed by atoms with van der Waals surface area (Å²) in [5, 5.41) is 6.25. The summed E-state index contributed by atoms with van der Waals surface area (Å²) in [6.07, 6.45) is -0.460. The highest BCUT2D eigenvalue weighted by molar-refractivity contribution is 14.1. The number of anilines is 2. The smallest absolute Gasteiger partial charge is 0.412 e. The molecule has 0 aliphatic carbocycles. The maximum Gasteiger partial charge on any atom is 0.412 e. The summed E-state index contributed by atoms with van der Waals surface area (Å²) in [4.78, 5) is 12.0. The van der Waals surface area contributed by atoms with Crippen LogP contribution in [0.2, 0.25) is 0 Å². The highest BCUT2D eigenvalue weighted by Crippen LogP contribution is 2.27. The lowest BCUT2D eigenvalue weighted by Crippen LogP contribution is -2.27. The lowest BCUT2D eigenvalue weighted by Gasteiger charge is -2.22. The molecule has 2 aromatic carbocycles. The number of nitrogens with one attached hydrogen (secondary N) is 2. The minimum atomic E-state index is -0.527. The predicted molar refractivity (Wildman–Crippen MR) is 107 cm³/mol. The monoisotopic (exact) mass is 438 g/mol. The van der Waals surface area contributed by atoms with Gasteiger partial charge in [-0.15, -0.1) is 0 Å². The number of benzene rings is 2. The zero-order valence-electron chi connectivity index (χ0n) is 14.4. The van der Waals surface area contributed by atoms with Crippen molar-refractivity contribution in [2.24, 2.45) is 0 Å². The molecular formula is C19H23IN2O2. The SMILES string of the molecule is CC(Nc1ccccc1NC(=O)OC(C)(C)C)c1ccc(I)cc1. The fraction of sp³-hybridized carbons (Fsp3) is 0.316. The summed E-state index contributed by atoms with van der Waals surface area (Å²) in [5.41, 5.74) is 2.21. The summed E-state index contributed by atoms with van der Waals surface area (Å²) >= 11 is 2.29. The molecule has 2 rings (SSSR count). The van der Waals surface area contributed by atoms with E-state index < -0.39 is 11.7 Å². The van der Waals surface area contributed by atoms with Gasteiger partial charge >= 0.3 is 6.09 Å². The molecule has 0 saturated heterocycles. The van der Waals surface area contributed by atoms with Gasteiger partial charge in [-0.1, -0.05) is 24.3 Å². The van der Waals surface area contributed by atoms with Crippen molar-refractivity contribution in [1.82, 2.24) is 0 Å². The van der Waals surface area contributed by atoms with E-state index in [2.05, 4.69) is 64.4 Å². The second-order valence-electron chi connectivity index (χ2n) is 6.59. The van der Waals surface area contributed by atoms with E-state index in [1.54, 1.807) is 0 Å². The molecule has 1 unspecified atom stereocenters. The summed E-state index contributed by atoms with van der Waals surface area (Å²) in [7, 11) is 0. The third-order valence-electron chi connectivity index (χ3n) is 3.30. The molecule has 2 aromatic rings. The van der Waals surface area contributed by atoms with Crippen LogP contribution >= 0.6 is 22.6 Å². The third kappa shape index (κ3) is 5.70. The van der Waals surface area contributed by atoms with Crippen molar-refractivity contribution < 1.29 is 9.53 Å². The van der Waals surface area contributed by atoms with Gasteiger partial charge in [0, 0.05) is 9.61 Å². The number of para-hydroxylation sites is 2. The first-order chi connectivity index (χ1) is 11.2. The van der Waals surface area contributed by atoms with Crippen LogP contribution < -0.4 is 10.6 Å². The van der Waals surface area contributed by atoms with Crippen LogP contribution in [-0.4, -0.2) is 11.7 Å². The quantitative estimate of drug-likeness (QED) is 0.593. The first-order valence-corrected chi connectivity index (χ1v) is 8.93. The van der Waals surface area contributed by atoms with Gasteiger partial charge in [0.25, 0.3) is 0 Å². The Bertz CT molecular complexity index is 693. The van der Waals surface area contributed by atoms with E-state index in [4.69, 9.17) is 4.74 Å². The lowest BCUT2D eigenvalue weighted by atomic mass is 10.1. The van der Waals surface area contributed by atoms with Crippen LogP contribution in [0.4, 0.5) is 16.2 Å². The van der Waals surface area contributed by atoms with Gasteiger partial charge < -0.3 is 10.1 Å². The molecule has 24 heavy (non-hydrogen) atoms. The van der Waals surface area contributed by atoms with Crippen LogP contribution in [0.5, 0.6) is 0 Å². The van der Waals surface area contributed by atoms with Gasteiger partial charge in [0.1, 0.15) is 5.60 Å². The Morgan fingerprint density at radius 1 is 1.04 bits per heavy atom. The molecule has 0 aromatic heterocycles. The summed E-state index contributed by atoms with van der Waals surface area (Å²) < 4.78 is 6.52. The standard InChI is InChI=1S/C19H23IN2O2/c1-13(14-9-11-15(20)12-10-14)21-16-7-5-6-8-17(16)22-18(23)24-19(2,3)4/h5-13,21H,1-4H3,(H,22,23). The van der Waals surface area contributed by atoms with Gasteiger partial charge in [-0.2, -0.15) is 0 Å². The molecule has 5 heteroatoms. The van der Waals surface area contributed by atoms with Gasteiger partial charge in [-0.25, -0.2) is 4.79 Å². The largest absolute Gasteiger partial charge is 0.444 e. The molecule has 0 fully saturated rings. The fourth-order valence-electron chi connectivity index (χ4n) is 2.20. The van der Waals surface area contributed by atoms with Crippen molar-refractivity contribution in [2.75, 3.05) is 10.6 Å². The van der Waals surface area contributed by atoms with Gasteiger partial charge in [-0.3, -0.25) is 5.32 Å². The second kappa shape index (κ2) is 7.88. The Morgan fingerprint density at radius 2 is 1.62 bits per heavy atom. The molecule has 0 radical (unpaired) electrons. The first kappa shape index (κ1) is 18.6. The third-order valence-corrected chi connectivity index (χ3v) is 4.02. The van der Waals surface area contributed by atoms with Crippen molar-refractivity contribution in [2.45, 2.75) is 39.3 Å². The first-order valence-electron chi connectivity index (χ1n) is 7.85. The van der Waals surface area contributed by atoms with Crippen LogP contribution in [0, 0.1) is 3.57 Å². The Hall–Kier alpha value is -1.76. The maximum atomic E-state index is 12.0. The van der Waals surface area contributed by atoms with Crippen LogP contribution in [0.1, 0.15) is 39.3 Å². The average Bonchev–Trinajstić information content (AvgIpc) is 2.48.